The first kappa shape index (κ1) is 16.9. The van der Waals surface area contributed by atoms with Gasteiger partial charge in [-0.15, -0.1) is 0 Å². The van der Waals surface area contributed by atoms with Gasteiger partial charge in [0.1, 0.15) is 10.7 Å². The molecule has 24 heavy (non-hydrogen) atoms. The maximum Gasteiger partial charge on any atom is 0.253 e. The van der Waals surface area contributed by atoms with Gasteiger partial charge in [-0.1, -0.05) is 0 Å². The zero-order valence-corrected chi connectivity index (χ0v) is 14.1. The number of carbonyl (C=O) groups excluding carboxylic acids is 1. The smallest absolute Gasteiger partial charge is 0.253 e. The average Bonchev–Trinajstić information content (AvgIpc) is 3.02. The van der Waals surface area contributed by atoms with E-state index < -0.39 is 15.8 Å². The molecule has 0 aliphatic carbocycles. The molecule has 1 saturated heterocycles. The molecule has 0 radical (unpaired) electrons. The van der Waals surface area contributed by atoms with Gasteiger partial charge in [0.15, 0.2) is 0 Å². The average molecular weight is 373 g/mol. The van der Waals surface area contributed by atoms with Gasteiger partial charge >= 0.3 is 0 Å². The highest BCUT2D eigenvalue weighted by molar-refractivity contribution is 7.89. The Labute approximate surface area is 143 Å². The first-order chi connectivity index (χ1) is 11.4. The Morgan fingerprint density at radius 1 is 1.08 bits per heavy atom. The van der Waals surface area contributed by atoms with Crippen molar-refractivity contribution in [1.29, 1.82) is 0 Å². The molecule has 1 aliphatic heterocycles. The lowest BCUT2D eigenvalue weighted by molar-refractivity contribution is 0.0698. The van der Waals surface area contributed by atoms with Crippen molar-refractivity contribution in [2.75, 3.05) is 26.2 Å². The molecule has 3 rings (SSSR count). The van der Waals surface area contributed by atoms with E-state index >= 15 is 0 Å². The third kappa shape index (κ3) is 3.17. The second-order valence-corrected chi connectivity index (χ2v) is 7.51. The monoisotopic (exact) mass is 372 g/mol. The van der Waals surface area contributed by atoms with Crippen LogP contribution in [0.3, 0.4) is 0 Å². The number of halogens is 2. The lowest BCUT2D eigenvalue weighted by atomic mass is 10.2. The van der Waals surface area contributed by atoms with Crippen LogP contribution >= 0.6 is 11.6 Å². The van der Waals surface area contributed by atoms with E-state index in [9.17, 15) is 17.6 Å². The molecule has 0 saturated carbocycles. The van der Waals surface area contributed by atoms with Crippen molar-refractivity contribution in [3.63, 3.8) is 0 Å². The summed E-state index contributed by atoms with van der Waals surface area (Å²) in [6.45, 7) is 0.781. The van der Waals surface area contributed by atoms with E-state index in [2.05, 4.69) is 0 Å². The van der Waals surface area contributed by atoms with Crippen molar-refractivity contribution >= 4 is 27.5 Å². The number of hydrogen-bond donors (Lipinski definition) is 0. The molecule has 0 N–H and O–H groups in total. The fourth-order valence-electron chi connectivity index (χ4n) is 2.51. The van der Waals surface area contributed by atoms with Crippen LogP contribution in [0.5, 0.6) is 0 Å². The summed E-state index contributed by atoms with van der Waals surface area (Å²) in [4.78, 5) is 13.8. The van der Waals surface area contributed by atoms with Crippen molar-refractivity contribution in [2.45, 2.75) is 4.90 Å². The second-order valence-electron chi connectivity index (χ2n) is 5.26. The molecule has 0 spiro atoms. The third-order valence-electron chi connectivity index (χ3n) is 3.82. The molecule has 1 aliphatic rings. The summed E-state index contributed by atoms with van der Waals surface area (Å²) in [5.41, 5.74) is 0.366. The number of amides is 1. The van der Waals surface area contributed by atoms with Crippen molar-refractivity contribution in [1.82, 2.24) is 9.21 Å². The number of hydrogen-bond acceptors (Lipinski definition) is 4. The molecular weight excluding hydrogens is 359 g/mol. The molecule has 2 aromatic rings. The summed E-state index contributed by atoms with van der Waals surface area (Å²) in [6, 6.07) is 6.55. The minimum absolute atomic E-state index is 0.0810. The molecule has 0 unspecified atom stereocenters. The van der Waals surface area contributed by atoms with Crippen LogP contribution in [0.4, 0.5) is 4.39 Å². The molecule has 6 nitrogen and oxygen atoms in total. The first-order valence-corrected chi connectivity index (χ1v) is 8.99. The number of carbonyl (C=O) groups is 1. The standard InChI is InChI=1S/C15H14ClFN2O4S/c16-14-13(5-10-23-14)24(21,22)19-8-6-18(7-9-19)15(20)11-1-3-12(17)4-2-11/h1-5,10H,6-9H2. The summed E-state index contributed by atoms with van der Waals surface area (Å²) in [5.74, 6) is -0.673. The number of sulfonamides is 1. The lowest BCUT2D eigenvalue weighted by Crippen LogP contribution is -2.50. The Kier molecular flexibility index (Phi) is 4.62. The van der Waals surface area contributed by atoms with Crippen LogP contribution in [0.1, 0.15) is 10.4 Å². The van der Waals surface area contributed by atoms with E-state index in [4.69, 9.17) is 16.0 Å². The van der Waals surface area contributed by atoms with Crippen molar-refractivity contribution < 1.29 is 22.0 Å². The van der Waals surface area contributed by atoms with E-state index in [0.29, 0.717) is 5.56 Å². The van der Waals surface area contributed by atoms with Gasteiger partial charge in [-0.05, 0) is 41.9 Å². The zero-order chi connectivity index (χ0) is 17.3. The Hall–Kier alpha value is -1.90. The summed E-state index contributed by atoms with van der Waals surface area (Å²) >= 11 is 5.75. The predicted octanol–water partition coefficient (Wildman–Crippen LogP) is 2.22. The van der Waals surface area contributed by atoms with Gasteiger partial charge in [0.25, 0.3) is 5.91 Å². The highest BCUT2D eigenvalue weighted by Gasteiger charge is 2.32. The normalized spacial score (nSPS) is 16.3. The van der Waals surface area contributed by atoms with Crippen LogP contribution in [-0.4, -0.2) is 49.7 Å². The molecule has 0 atom stereocenters. The Balaban J connectivity index is 1.69. The number of furan rings is 1. The van der Waals surface area contributed by atoms with Gasteiger partial charge in [0.05, 0.1) is 6.26 Å². The quantitative estimate of drug-likeness (QED) is 0.828. The van der Waals surface area contributed by atoms with Gasteiger partial charge in [-0.25, -0.2) is 12.8 Å². The number of rotatable bonds is 3. The number of piperazine rings is 1. The number of benzene rings is 1. The second kappa shape index (κ2) is 6.54. The van der Waals surface area contributed by atoms with E-state index in [1.807, 2.05) is 0 Å². The SMILES string of the molecule is O=C(c1ccc(F)cc1)N1CCN(S(=O)(=O)c2ccoc2Cl)CC1. The summed E-state index contributed by atoms with van der Waals surface area (Å²) < 4.78 is 44.0. The van der Waals surface area contributed by atoms with Crippen molar-refractivity contribution in [2.24, 2.45) is 0 Å². The molecule has 2 heterocycles. The predicted molar refractivity (Wildman–Crippen MR) is 84.8 cm³/mol. The van der Waals surface area contributed by atoms with E-state index in [-0.39, 0.29) is 42.2 Å². The van der Waals surface area contributed by atoms with Crippen LogP contribution in [0.25, 0.3) is 0 Å². The maximum atomic E-state index is 12.9. The molecule has 1 amide bonds. The summed E-state index contributed by atoms with van der Waals surface area (Å²) in [7, 11) is -3.75. The maximum absolute atomic E-state index is 12.9. The Bertz CT molecular complexity index is 843. The van der Waals surface area contributed by atoms with Gasteiger partial charge in [0, 0.05) is 31.7 Å². The van der Waals surface area contributed by atoms with E-state index in [1.165, 1.54) is 45.8 Å². The highest BCUT2D eigenvalue weighted by Crippen LogP contribution is 2.26. The molecule has 0 bridgehead atoms. The molecule has 9 heteroatoms. The fraction of sp³-hybridized carbons (Fsp3) is 0.267. The van der Waals surface area contributed by atoms with Crippen LogP contribution < -0.4 is 0 Å². The minimum atomic E-state index is -3.75. The van der Waals surface area contributed by atoms with Gasteiger partial charge in [-0.3, -0.25) is 4.79 Å². The largest absolute Gasteiger partial charge is 0.451 e. The third-order valence-corrected chi connectivity index (χ3v) is 6.15. The van der Waals surface area contributed by atoms with Crippen LogP contribution in [0.15, 0.2) is 45.9 Å². The van der Waals surface area contributed by atoms with Crippen LogP contribution in [0.2, 0.25) is 5.22 Å². The van der Waals surface area contributed by atoms with E-state index in [0.717, 1.165) is 0 Å². The molecule has 128 valence electrons. The molecule has 1 aromatic carbocycles. The molecule has 1 fully saturated rings. The Morgan fingerprint density at radius 2 is 1.71 bits per heavy atom. The van der Waals surface area contributed by atoms with Crippen LogP contribution in [-0.2, 0) is 10.0 Å². The molecule has 1 aromatic heterocycles. The van der Waals surface area contributed by atoms with Crippen LogP contribution in [0, 0.1) is 5.82 Å². The van der Waals surface area contributed by atoms with Crippen molar-refractivity contribution in [3.8, 4) is 0 Å². The topological polar surface area (TPSA) is 70.8 Å². The lowest BCUT2D eigenvalue weighted by Gasteiger charge is -2.33. The molecular formula is C15H14ClFN2O4S. The summed E-state index contributed by atoms with van der Waals surface area (Å²) in [5, 5.41) is -0.181. The number of nitrogens with zero attached hydrogens (tertiary/aromatic N) is 2. The van der Waals surface area contributed by atoms with Crippen molar-refractivity contribution in [3.05, 3.63) is 53.2 Å². The first-order valence-electron chi connectivity index (χ1n) is 7.17. The van der Waals surface area contributed by atoms with Gasteiger partial charge in [-0.2, -0.15) is 4.31 Å². The zero-order valence-electron chi connectivity index (χ0n) is 12.5. The van der Waals surface area contributed by atoms with E-state index in [1.54, 1.807) is 0 Å². The minimum Gasteiger partial charge on any atom is -0.451 e. The van der Waals surface area contributed by atoms with Gasteiger partial charge in [0.2, 0.25) is 15.2 Å². The Morgan fingerprint density at radius 3 is 2.25 bits per heavy atom. The highest BCUT2D eigenvalue weighted by atomic mass is 35.5. The summed E-state index contributed by atoms with van der Waals surface area (Å²) in [6.07, 6.45) is 1.21. The van der Waals surface area contributed by atoms with Gasteiger partial charge < -0.3 is 9.32 Å². The fourth-order valence-corrected chi connectivity index (χ4v) is 4.32.